The molecule has 0 saturated carbocycles. The molecule has 5 heteroatoms. The minimum atomic E-state index is -0.972. The Bertz CT molecular complexity index is 492. The monoisotopic (exact) mass is 283 g/mol. The Morgan fingerprint density at radius 3 is 3.00 bits per heavy atom. The van der Waals surface area contributed by atoms with Crippen molar-refractivity contribution in [3.63, 3.8) is 0 Å². The fourth-order valence-corrected chi connectivity index (χ4v) is 3.67. The number of ether oxygens (including phenoxy) is 1. The van der Waals surface area contributed by atoms with Crippen molar-refractivity contribution in [2.45, 2.75) is 24.7 Å². The normalized spacial score (nSPS) is 20.6. The molecule has 0 aliphatic carbocycles. The molecule has 0 radical (unpaired) electrons. The van der Waals surface area contributed by atoms with Gasteiger partial charge in [-0.05, 0) is 30.5 Å². The molecule has 0 bridgehead atoms. The number of hydrogen-bond acceptors (Lipinski definition) is 3. The van der Waals surface area contributed by atoms with Crippen LogP contribution in [0.3, 0.4) is 0 Å². The van der Waals surface area contributed by atoms with Gasteiger partial charge < -0.3 is 4.74 Å². The molecule has 0 aromatic heterocycles. The van der Waals surface area contributed by atoms with Gasteiger partial charge in [0.05, 0.1) is 29.2 Å². The van der Waals surface area contributed by atoms with Gasteiger partial charge in [0.15, 0.2) is 0 Å². The summed E-state index contributed by atoms with van der Waals surface area (Å²) in [4.78, 5) is 0. The number of hydrogen-bond donors (Lipinski definition) is 0. The van der Waals surface area contributed by atoms with E-state index in [1.54, 1.807) is 18.2 Å². The summed E-state index contributed by atoms with van der Waals surface area (Å²) in [7, 11) is -0.972. The topological polar surface area (TPSA) is 50.1 Å². The Balaban J connectivity index is 1.96. The number of benzene rings is 1. The summed E-state index contributed by atoms with van der Waals surface area (Å²) in [5.74, 6) is 0.987. The Kier molecular flexibility index (Phi) is 4.76. The van der Waals surface area contributed by atoms with Crippen molar-refractivity contribution in [3.8, 4) is 6.07 Å². The molecular weight excluding hydrogens is 270 g/mol. The van der Waals surface area contributed by atoms with Crippen molar-refractivity contribution in [2.24, 2.45) is 0 Å². The van der Waals surface area contributed by atoms with E-state index in [1.807, 2.05) is 6.07 Å². The lowest BCUT2D eigenvalue weighted by Gasteiger charge is -2.09. The lowest BCUT2D eigenvalue weighted by molar-refractivity contribution is 0.128. The summed E-state index contributed by atoms with van der Waals surface area (Å²) in [5, 5.41) is 9.25. The number of nitrogens with zero attached hydrogens (tertiary/aromatic N) is 1. The van der Waals surface area contributed by atoms with E-state index in [0.717, 1.165) is 25.0 Å². The highest BCUT2D eigenvalue weighted by Gasteiger charge is 2.18. The first-order valence-corrected chi connectivity index (χ1v) is 7.71. The molecule has 96 valence electrons. The third-order valence-corrected chi connectivity index (χ3v) is 4.62. The van der Waals surface area contributed by atoms with Crippen LogP contribution in [0.2, 0.25) is 5.02 Å². The van der Waals surface area contributed by atoms with Gasteiger partial charge in [-0.3, -0.25) is 4.21 Å². The number of nitriles is 1. The highest BCUT2D eigenvalue weighted by atomic mass is 35.5. The van der Waals surface area contributed by atoms with Crippen LogP contribution in [0.15, 0.2) is 18.2 Å². The smallest absolute Gasteiger partial charge is 0.0992 e. The van der Waals surface area contributed by atoms with E-state index in [2.05, 4.69) is 0 Å². The van der Waals surface area contributed by atoms with E-state index < -0.39 is 10.8 Å². The molecule has 0 N–H and O–H groups in total. The average molecular weight is 284 g/mol. The van der Waals surface area contributed by atoms with Gasteiger partial charge in [-0.25, -0.2) is 0 Å². The summed E-state index contributed by atoms with van der Waals surface area (Å²) in [6.45, 7) is 0.777. The van der Waals surface area contributed by atoms with Crippen molar-refractivity contribution in [3.05, 3.63) is 34.3 Å². The van der Waals surface area contributed by atoms with Gasteiger partial charge in [-0.15, -0.1) is 0 Å². The quantitative estimate of drug-likeness (QED) is 0.853. The van der Waals surface area contributed by atoms with E-state index in [-0.39, 0.29) is 6.10 Å². The molecule has 3 nitrogen and oxygen atoms in total. The van der Waals surface area contributed by atoms with Crippen LogP contribution in [0.1, 0.15) is 24.0 Å². The first-order chi connectivity index (χ1) is 8.69. The number of halogens is 1. The van der Waals surface area contributed by atoms with Gasteiger partial charge in [-0.2, -0.15) is 5.26 Å². The molecule has 1 aliphatic heterocycles. The molecule has 18 heavy (non-hydrogen) atoms. The van der Waals surface area contributed by atoms with Crippen molar-refractivity contribution < 1.29 is 8.95 Å². The van der Waals surface area contributed by atoms with Gasteiger partial charge in [0, 0.05) is 22.4 Å². The van der Waals surface area contributed by atoms with Crippen LogP contribution in [0, 0.1) is 11.3 Å². The molecule has 1 aromatic carbocycles. The van der Waals surface area contributed by atoms with Crippen molar-refractivity contribution in [1.29, 1.82) is 5.26 Å². The van der Waals surface area contributed by atoms with Crippen LogP contribution < -0.4 is 0 Å². The van der Waals surface area contributed by atoms with Gasteiger partial charge >= 0.3 is 0 Å². The molecule has 1 heterocycles. The zero-order valence-corrected chi connectivity index (χ0v) is 11.5. The van der Waals surface area contributed by atoms with Gasteiger partial charge in [0.1, 0.15) is 0 Å². The van der Waals surface area contributed by atoms with Gasteiger partial charge in [-0.1, -0.05) is 17.7 Å². The summed E-state index contributed by atoms with van der Waals surface area (Å²) < 4.78 is 17.4. The first kappa shape index (κ1) is 13.5. The lowest BCUT2D eigenvalue weighted by atomic mass is 10.2. The second-order valence-corrected chi connectivity index (χ2v) is 6.21. The molecule has 0 spiro atoms. The summed E-state index contributed by atoms with van der Waals surface area (Å²) in [6.07, 6.45) is 2.18. The fraction of sp³-hybridized carbons (Fsp3) is 0.462. The third-order valence-electron chi connectivity index (χ3n) is 2.89. The Hall–Kier alpha value is -0.890. The zero-order valence-electron chi connectivity index (χ0n) is 9.89. The second kappa shape index (κ2) is 6.33. The van der Waals surface area contributed by atoms with Crippen molar-refractivity contribution in [2.75, 3.05) is 12.4 Å². The zero-order chi connectivity index (χ0) is 13.0. The van der Waals surface area contributed by atoms with Crippen molar-refractivity contribution >= 4 is 22.4 Å². The lowest BCUT2D eigenvalue weighted by Crippen LogP contribution is -2.16. The van der Waals surface area contributed by atoms with Crippen molar-refractivity contribution in [1.82, 2.24) is 0 Å². The summed E-state index contributed by atoms with van der Waals surface area (Å²) in [6, 6.07) is 7.11. The predicted molar refractivity (Wildman–Crippen MR) is 71.9 cm³/mol. The molecule has 0 amide bonds. The highest BCUT2D eigenvalue weighted by Crippen LogP contribution is 2.20. The van der Waals surface area contributed by atoms with Gasteiger partial charge in [0.2, 0.25) is 0 Å². The summed E-state index contributed by atoms with van der Waals surface area (Å²) in [5.41, 5.74) is 1.35. The maximum atomic E-state index is 12.0. The van der Waals surface area contributed by atoms with Crippen LogP contribution in [-0.4, -0.2) is 22.7 Å². The van der Waals surface area contributed by atoms with E-state index in [4.69, 9.17) is 21.6 Å². The van der Waals surface area contributed by atoms with Crippen LogP contribution >= 0.6 is 11.6 Å². The third kappa shape index (κ3) is 3.55. The highest BCUT2D eigenvalue weighted by molar-refractivity contribution is 7.84. The van der Waals surface area contributed by atoms with E-state index in [9.17, 15) is 4.21 Å². The fourth-order valence-electron chi connectivity index (χ4n) is 1.95. The maximum absolute atomic E-state index is 12.0. The second-order valence-electron chi connectivity index (χ2n) is 4.30. The molecular formula is C13H14ClNO2S. The minimum Gasteiger partial charge on any atom is -0.377 e. The Morgan fingerprint density at radius 1 is 1.56 bits per heavy atom. The van der Waals surface area contributed by atoms with Crippen LogP contribution in [0.5, 0.6) is 0 Å². The molecule has 1 aliphatic rings. The standard InChI is InChI=1S/C13H14ClNO2S/c14-13-6-10(7-15)3-4-11(13)8-18(16)9-12-2-1-5-17-12/h3-4,6,12H,1-2,5,8-9H2. The predicted octanol–water partition coefficient (Wildman–Crippen LogP) is 2.64. The maximum Gasteiger partial charge on any atom is 0.0992 e. The molecule has 1 fully saturated rings. The molecule has 1 saturated heterocycles. The van der Waals surface area contributed by atoms with E-state index in [1.165, 1.54) is 0 Å². The van der Waals surface area contributed by atoms with E-state index >= 15 is 0 Å². The van der Waals surface area contributed by atoms with Crippen LogP contribution in [-0.2, 0) is 21.3 Å². The Labute approximate surface area is 114 Å². The van der Waals surface area contributed by atoms with Gasteiger partial charge in [0.25, 0.3) is 0 Å². The van der Waals surface area contributed by atoms with Crippen LogP contribution in [0.4, 0.5) is 0 Å². The average Bonchev–Trinajstić information content (AvgIpc) is 2.84. The largest absolute Gasteiger partial charge is 0.377 e. The SMILES string of the molecule is N#Cc1ccc(CS(=O)CC2CCCO2)c(Cl)c1. The van der Waals surface area contributed by atoms with E-state index in [0.29, 0.717) is 22.1 Å². The molecule has 1 aromatic rings. The summed E-state index contributed by atoms with van der Waals surface area (Å²) >= 11 is 6.05. The molecule has 2 unspecified atom stereocenters. The minimum absolute atomic E-state index is 0.128. The van der Waals surface area contributed by atoms with Crippen LogP contribution in [0.25, 0.3) is 0 Å². The molecule has 2 rings (SSSR count). The number of rotatable bonds is 4. The first-order valence-electron chi connectivity index (χ1n) is 5.84. The Morgan fingerprint density at radius 2 is 2.39 bits per heavy atom. The molecule has 2 atom stereocenters.